The van der Waals surface area contributed by atoms with Gasteiger partial charge in [0.25, 0.3) is 5.91 Å². The molecular weight excluding hydrogens is 288 g/mol. The third-order valence-electron chi connectivity index (χ3n) is 3.49. The van der Waals surface area contributed by atoms with E-state index in [4.69, 9.17) is 27.4 Å². The Morgan fingerprint density at radius 1 is 1.33 bits per heavy atom. The van der Waals surface area contributed by atoms with Gasteiger partial charge in [0.05, 0.1) is 19.2 Å². The molecule has 1 aliphatic carbocycles. The van der Waals surface area contributed by atoms with E-state index in [0.29, 0.717) is 35.0 Å². The average Bonchev–Trinajstić information content (AvgIpc) is 3.30. The Morgan fingerprint density at radius 2 is 1.90 bits per heavy atom. The van der Waals surface area contributed by atoms with Gasteiger partial charge in [0, 0.05) is 19.0 Å². The predicted octanol–water partition coefficient (Wildman–Crippen LogP) is 1.98. The van der Waals surface area contributed by atoms with E-state index in [2.05, 4.69) is 0 Å². The Morgan fingerprint density at radius 3 is 2.33 bits per heavy atom. The van der Waals surface area contributed by atoms with Crippen LogP contribution in [-0.2, 0) is 0 Å². The lowest BCUT2D eigenvalue weighted by atomic mass is 10.1. The molecule has 1 aromatic rings. The van der Waals surface area contributed by atoms with Crippen LogP contribution in [0.15, 0.2) is 18.2 Å². The minimum absolute atomic E-state index is 0.0944. The summed E-state index contributed by atoms with van der Waals surface area (Å²) in [7, 11) is 3.09. The summed E-state index contributed by atoms with van der Waals surface area (Å²) in [5.74, 6) is 0.934. The summed E-state index contributed by atoms with van der Waals surface area (Å²) in [5, 5.41) is 0. The van der Waals surface area contributed by atoms with E-state index in [9.17, 15) is 4.79 Å². The molecule has 0 unspecified atom stereocenters. The molecule has 0 saturated heterocycles. The summed E-state index contributed by atoms with van der Waals surface area (Å²) >= 11 is 4.91. The fourth-order valence-corrected chi connectivity index (χ4v) is 2.36. The van der Waals surface area contributed by atoms with Crippen LogP contribution in [0.3, 0.4) is 0 Å². The molecule has 0 radical (unpaired) electrons. The zero-order valence-electron chi connectivity index (χ0n) is 12.3. The van der Waals surface area contributed by atoms with Gasteiger partial charge in [-0.05, 0) is 25.0 Å². The van der Waals surface area contributed by atoms with Gasteiger partial charge in [-0.2, -0.15) is 0 Å². The van der Waals surface area contributed by atoms with Gasteiger partial charge in [0.15, 0.2) is 0 Å². The molecule has 1 aromatic carbocycles. The second kappa shape index (κ2) is 6.76. The maximum Gasteiger partial charge on any atom is 0.261 e. The molecule has 21 heavy (non-hydrogen) atoms. The van der Waals surface area contributed by atoms with Gasteiger partial charge < -0.3 is 20.1 Å². The van der Waals surface area contributed by atoms with Crippen molar-refractivity contribution >= 4 is 23.1 Å². The van der Waals surface area contributed by atoms with E-state index >= 15 is 0 Å². The lowest BCUT2D eigenvalue weighted by molar-refractivity contribution is 0.0741. The maximum absolute atomic E-state index is 12.9. The van der Waals surface area contributed by atoms with Crippen molar-refractivity contribution in [2.45, 2.75) is 25.3 Å². The number of methoxy groups -OCH3 is 2. The van der Waals surface area contributed by atoms with Crippen LogP contribution in [0.5, 0.6) is 11.5 Å². The molecule has 2 rings (SSSR count). The molecule has 0 atom stereocenters. The Kier molecular flexibility index (Phi) is 5.01. The first kappa shape index (κ1) is 15.6. The molecule has 1 amide bonds. The van der Waals surface area contributed by atoms with Gasteiger partial charge in [0.1, 0.15) is 17.1 Å². The van der Waals surface area contributed by atoms with Crippen molar-refractivity contribution in [3.05, 3.63) is 23.8 Å². The average molecular weight is 308 g/mol. The summed E-state index contributed by atoms with van der Waals surface area (Å²) in [4.78, 5) is 15.1. The number of nitrogens with zero attached hydrogens (tertiary/aromatic N) is 1. The summed E-state index contributed by atoms with van der Waals surface area (Å²) < 4.78 is 10.6. The lowest BCUT2D eigenvalue weighted by Crippen LogP contribution is -2.36. The molecule has 1 aliphatic rings. The SMILES string of the molecule is COc1cccc(OC)c1C(=O)N(CCC(N)=S)C1CC1. The van der Waals surface area contributed by atoms with Crippen LogP contribution >= 0.6 is 12.2 Å². The standard InChI is InChI=1S/C15H20N2O3S/c1-19-11-4-3-5-12(20-2)14(11)15(18)17(10-6-7-10)9-8-13(16)21/h3-5,10H,6-9H2,1-2H3,(H2,16,21). The number of carbonyl (C=O) groups is 1. The smallest absolute Gasteiger partial charge is 0.261 e. The largest absolute Gasteiger partial charge is 0.496 e. The van der Waals surface area contributed by atoms with Gasteiger partial charge in [-0.3, -0.25) is 4.79 Å². The van der Waals surface area contributed by atoms with Gasteiger partial charge in [-0.15, -0.1) is 0 Å². The minimum Gasteiger partial charge on any atom is -0.496 e. The van der Waals surface area contributed by atoms with Crippen LogP contribution in [-0.4, -0.2) is 42.6 Å². The van der Waals surface area contributed by atoms with Crippen molar-refractivity contribution in [2.24, 2.45) is 5.73 Å². The molecule has 1 saturated carbocycles. The summed E-state index contributed by atoms with van der Waals surface area (Å²) in [6.07, 6.45) is 2.55. The molecule has 1 fully saturated rings. The fraction of sp³-hybridized carbons (Fsp3) is 0.467. The van der Waals surface area contributed by atoms with Crippen molar-refractivity contribution < 1.29 is 14.3 Å². The van der Waals surface area contributed by atoms with Crippen LogP contribution in [0, 0.1) is 0 Å². The second-order valence-corrected chi connectivity index (χ2v) is 5.51. The monoisotopic (exact) mass is 308 g/mol. The van der Waals surface area contributed by atoms with Crippen molar-refractivity contribution in [1.82, 2.24) is 4.90 Å². The maximum atomic E-state index is 12.9. The first-order valence-electron chi connectivity index (χ1n) is 6.88. The van der Waals surface area contributed by atoms with E-state index in [1.807, 2.05) is 4.90 Å². The molecule has 5 nitrogen and oxygen atoms in total. The number of rotatable bonds is 7. The summed E-state index contributed by atoms with van der Waals surface area (Å²) in [6, 6.07) is 5.58. The molecule has 0 aromatic heterocycles. The van der Waals surface area contributed by atoms with Crippen LogP contribution in [0.4, 0.5) is 0 Å². The molecule has 0 heterocycles. The predicted molar refractivity (Wildman–Crippen MR) is 85.0 cm³/mol. The molecular formula is C15H20N2O3S. The highest BCUT2D eigenvalue weighted by molar-refractivity contribution is 7.80. The molecule has 0 spiro atoms. The summed E-state index contributed by atoms with van der Waals surface area (Å²) in [6.45, 7) is 0.528. The number of thiocarbonyl (C=S) groups is 1. The Hall–Kier alpha value is -1.82. The van der Waals surface area contributed by atoms with Gasteiger partial charge in [0.2, 0.25) is 0 Å². The van der Waals surface area contributed by atoms with Crippen molar-refractivity contribution in [3.8, 4) is 11.5 Å². The number of amides is 1. The Balaban J connectivity index is 2.29. The third-order valence-corrected chi connectivity index (χ3v) is 3.69. The number of carbonyl (C=O) groups excluding carboxylic acids is 1. The quantitative estimate of drug-likeness (QED) is 0.780. The van der Waals surface area contributed by atoms with Crippen LogP contribution in [0.2, 0.25) is 0 Å². The van der Waals surface area contributed by atoms with Crippen molar-refractivity contribution in [2.75, 3.05) is 20.8 Å². The zero-order valence-corrected chi connectivity index (χ0v) is 13.1. The van der Waals surface area contributed by atoms with Crippen LogP contribution in [0.1, 0.15) is 29.6 Å². The van der Waals surface area contributed by atoms with Crippen molar-refractivity contribution in [1.29, 1.82) is 0 Å². The van der Waals surface area contributed by atoms with Gasteiger partial charge >= 0.3 is 0 Å². The molecule has 114 valence electrons. The highest BCUT2D eigenvalue weighted by Gasteiger charge is 2.35. The molecule has 2 N–H and O–H groups in total. The van der Waals surface area contributed by atoms with E-state index in [0.717, 1.165) is 12.8 Å². The van der Waals surface area contributed by atoms with E-state index in [-0.39, 0.29) is 11.9 Å². The highest BCUT2D eigenvalue weighted by atomic mass is 32.1. The zero-order chi connectivity index (χ0) is 15.4. The van der Waals surface area contributed by atoms with Crippen LogP contribution < -0.4 is 15.2 Å². The van der Waals surface area contributed by atoms with E-state index < -0.39 is 0 Å². The number of ether oxygens (including phenoxy) is 2. The third kappa shape index (κ3) is 3.64. The molecule has 0 bridgehead atoms. The number of hydrogen-bond donors (Lipinski definition) is 1. The fourth-order valence-electron chi connectivity index (χ4n) is 2.27. The molecule has 0 aliphatic heterocycles. The van der Waals surface area contributed by atoms with E-state index in [1.165, 1.54) is 0 Å². The number of benzene rings is 1. The molecule has 6 heteroatoms. The topological polar surface area (TPSA) is 64.8 Å². The van der Waals surface area contributed by atoms with Gasteiger partial charge in [-0.1, -0.05) is 18.3 Å². The second-order valence-electron chi connectivity index (χ2n) is 4.98. The Labute approximate surface area is 130 Å². The normalized spacial score (nSPS) is 13.6. The van der Waals surface area contributed by atoms with Gasteiger partial charge in [-0.25, -0.2) is 0 Å². The van der Waals surface area contributed by atoms with E-state index in [1.54, 1.807) is 32.4 Å². The minimum atomic E-state index is -0.0944. The lowest BCUT2D eigenvalue weighted by Gasteiger charge is -2.24. The number of hydrogen-bond acceptors (Lipinski definition) is 4. The van der Waals surface area contributed by atoms with Crippen molar-refractivity contribution in [3.63, 3.8) is 0 Å². The summed E-state index contributed by atoms with van der Waals surface area (Å²) in [5.41, 5.74) is 6.01. The highest BCUT2D eigenvalue weighted by Crippen LogP contribution is 2.34. The van der Waals surface area contributed by atoms with Crippen LogP contribution in [0.25, 0.3) is 0 Å². The first-order valence-corrected chi connectivity index (χ1v) is 7.29. The first-order chi connectivity index (χ1) is 10.1. The Bertz CT molecular complexity index is 521. The number of nitrogens with two attached hydrogens (primary N) is 1.